The first-order chi connectivity index (χ1) is 9.91. The van der Waals surface area contributed by atoms with E-state index in [1.807, 2.05) is 6.92 Å². The van der Waals surface area contributed by atoms with Gasteiger partial charge in [0, 0.05) is 38.8 Å². The molecule has 1 heterocycles. The number of rotatable bonds is 9. The third kappa shape index (κ3) is 4.54. The van der Waals surface area contributed by atoms with Crippen LogP contribution >= 0.6 is 0 Å². The van der Waals surface area contributed by atoms with E-state index in [2.05, 4.69) is 5.32 Å². The van der Waals surface area contributed by atoms with Crippen LogP contribution in [-0.2, 0) is 16.8 Å². The predicted octanol–water partition coefficient (Wildman–Crippen LogP) is 1.34. The van der Waals surface area contributed by atoms with Crippen molar-refractivity contribution in [1.82, 2.24) is 13.9 Å². The van der Waals surface area contributed by atoms with Gasteiger partial charge in [-0.05, 0) is 38.8 Å². The lowest BCUT2D eigenvalue weighted by molar-refractivity contribution is 0.382. The number of aryl methyl sites for hydroxylation is 1. The van der Waals surface area contributed by atoms with E-state index in [1.165, 1.54) is 21.5 Å². The second kappa shape index (κ2) is 6.91. The zero-order chi connectivity index (χ0) is 15.5. The van der Waals surface area contributed by atoms with Crippen LogP contribution in [0.1, 0.15) is 30.6 Å². The molecule has 1 aliphatic rings. The molecule has 1 aliphatic carbocycles. The van der Waals surface area contributed by atoms with E-state index in [4.69, 9.17) is 4.42 Å². The molecule has 1 N–H and O–H groups in total. The Labute approximate surface area is 127 Å². The molecule has 0 unspecified atom stereocenters. The molecule has 1 fully saturated rings. The van der Waals surface area contributed by atoms with Crippen molar-refractivity contribution in [3.8, 4) is 0 Å². The summed E-state index contributed by atoms with van der Waals surface area (Å²) in [6.45, 7) is 3.56. The van der Waals surface area contributed by atoms with Crippen LogP contribution in [0.3, 0.4) is 0 Å². The van der Waals surface area contributed by atoms with Crippen LogP contribution in [0.5, 0.6) is 0 Å². The van der Waals surface area contributed by atoms with Gasteiger partial charge in [-0.15, -0.1) is 0 Å². The average Bonchev–Trinajstić information content (AvgIpc) is 3.18. The Bertz CT molecular complexity index is 552. The molecule has 120 valence electrons. The van der Waals surface area contributed by atoms with E-state index in [0.717, 1.165) is 24.3 Å². The van der Waals surface area contributed by atoms with Gasteiger partial charge in [0.1, 0.15) is 5.76 Å². The third-order valence-electron chi connectivity index (χ3n) is 3.81. The van der Waals surface area contributed by atoms with Gasteiger partial charge in [-0.3, -0.25) is 0 Å². The van der Waals surface area contributed by atoms with Crippen molar-refractivity contribution in [3.05, 3.63) is 23.7 Å². The van der Waals surface area contributed by atoms with Gasteiger partial charge in [0.05, 0.1) is 6.26 Å². The standard InChI is InChI=1S/C14H25N3O3S/c1-12-13(7-10-20-12)11-17(3)21(18,19)16(2)9-4-8-15-14-5-6-14/h7,10,14-15H,4-6,8-9,11H2,1-3H3. The lowest BCUT2D eigenvalue weighted by Gasteiger charge is -2.24. The second-order valence-corrected chi connectivity index (χ2v) is 7.81. The van der Waals surface area contributed by atoms with Crippen molar-refractivity contribution in [2.45, 2.75) is 38.8 Å². The summed E-state index contributed by atoms with van der Waals surface area (Å²) >= 11 is 0. The quantitative estimate of drug-likeness (QED) is 0.698. The first-order valence-electron chi connectivity index (χ1n) is 7.35. The monoisotopic (exact) mass is 315 g/mol. The molecule has 2 rings (SSSR count). The Morgan fingerprint density at radius 2 is 2.05 bits per heavy atom. The lowest BCUT2D eigenvalue weighted by atomic mass is 10.3. The van der Waals surface area contributed by atoms with E-state index in [-0.39, 0.29) is 0 Å². The molecule has 0 atom stereocenters. The Morgan fingerprint density at radius 3 is 2.62 bits per heavy atom. The molecule has 6 nitrogen and oxygen atoms in total. The fourth-order valence-corrected chi connectivity index (χ4v) is 3.28. The normalized spacial score (nSPS) is 16.0. The maximum absolute atomic E-state index is 12.4. The smallest absolute Gasteiger partial charge is 0.281 e. The van der Waals surface area contributed by atoms with Gasteiger partial charge in [-0.25, -0.2) is 0 Å². The average molecular weight is 315 g/mol. The van der Waals surface area contributed by atoms with Gasteiger partial charge >= 0.3 is 0 Å². The molecule has 1 saturated carbocycles. The van der Waals surface area contributed by atoms with Crippen molar-refractivity contribution < 1.29 is 12.8 Å². The Kier molecular flexibility index (Phi) is 5.43. The van der Waals surface area contributed by atoms with E-state index < -0.39 is 10.2 Å². The molecule has 0 aliphatic heterocycles. The molecule has 0 bridgehead atoms. The van der Waals surface area contributed by atoms with Gasteiger partial charge in [0.25, 0.3) is 10.2 Å². The Hall–Kier alpha value is -0.890. The molecule has 7 heteroatoms. The summed E-state index contributed by atoms with van der Waals surface area (Å²) < 4.78 is 32.8. The van der Waals surface area contributed by atoms with Gasteiger partial charge in [0.2, 0.25) is 0 Å². The number of furan rings is 1. The topological polar surface area (TPSA) is 65.8 Å². The number of hydrogen-bond acceptors (Lipinski definition) is 4. The third-order valence-corrected chi connectivity index (χ3v) is 5.69. The molecule has 1 aromatic rings. The highest BCUT2D eigenvalue weighted by Gasteiger charge is 2.24. The van der Waals surface area contributed by atoms with Crippen LogP contribution < -0.4 is 5.32 Å². The van der Waals surface area contributed by atoms with Gasteiger partial charge < -0.3 is 9.73 Å². The molecule has 0 radical (unpaired) electrons. The predicted molar refractivity (Wildman–Crippen MR) is 82.1 cm³/mol. The Balaban J connectivity index is 1.81. The highest BCUT2D eigenvalue weighted by Crippen LogP contribution is 2.18. The van der Waals surface area contributed by atoms with E-state index in [9.17, 15) is 8.42 Å². The highest BCUT2D eigenvalue weighted by atomic mass is 32.2. The van der Waals surface area contributed by atoms with Gasteiger partial charge in [-0.1, -0.05) is 0 Å². The number of hydrogen-bond donors (Lipinski definition) is 1. The van der Waals surface area contributed by atoms with Crippen molar-refractivity contribution >= 4 is 10.2 Å². The zero-order valence-electron chi connectivity index (χ0n) is 13.0. The lowest BCUT2D eigenvalue weighted by Crippen LogP contribution is -2.40. The summed E-state index contributed by atoms with van der Waals surface area (Å²) in [6.07, 6.45) is 4.91. The van der Waals surface area contributed by atoms with Crippen LogP contribution in [0.4, 0.5) is 0 Å². The summed E-state index contributed by atoms with van der Waals surface area (Å²) in [6, 6.07) is 2.47. The summed E-state index contributed by atoms with van der Waals surface area (Å²) in [5.74, 6) is 0.758. The first kappa shape index (κ1) is 16.5. The van der Waals surface area contributed by atoms with Crippen molar-refractivity contribution in [2.75, 3.05) is 27.2 Å². The van der Waals surface area contributed by atoms with E-state index in [1.54, 1.807) is 26.4 Å². The molecule has 0 amide bonds. The summed E-state index contributed by atoms with van der Waals surface area (Å²) in [5.41, 5.74) is 0.893. The molecule has 21 heavy (non-hydrogen) atoms. The minimum atomic E-state index is -3.42. The molecular formula is C14H25N3O3S. The highest BCUT2D eigenvalue weighted by molar-refractivity contribution is 7.86. The van der Waals surface area contributed by atoms with Crippen LogP contribution in [0.25, 0.3) is 0 Å². The Morgan fingerprint density at radius 1 is 1.33 bits per heavy atom. The minimum absolute atomic E-state index is 0.329. The van der Waals surface area contributed by atoms with Crippen molar-refractivity contribution in [1.29, 1.82) is 0 Å². The summed E-state index contributed by atoms with van der Waals surface area (Å²) in [7, 11) is -0.192. The zero-order valence-corrected chi connectivity index (χ0v) is 13.8. The van der Waals surface area contributed by atoms with Gasteiger partial charge in [0.15, 0.2) is 0 Å². The summed E-state index contributed by atoms with van der Waals surface area (Å²) in [5, 5.41) is 3.39. The van der Waals surface area contributed by atoms with Crippen LogP contribution in [-0.4, -0.2) is 50.3 Å². The van der Waals surface area contributed by atoms with Crippen molar-refractivity contribution in [2.24, 2.45) is 0 Å². The minimum Gasteiger partial charge on any atom is -0.469 e. The fraction of sp³-hybridized carbons (Fsp3) is 0.714. The maximum atomic E-state index is 12.4. The molecular weight excluding hydrogens is 290 g/mol. The molecule has 0 spiro atoms. The van der Waals surface area contributed by atoms with Crippen LogP contribution in [0, 0.1) is 6.92 Å². The fourth-order valence-electron chi connectivity index (χ4n) is 2.15. The van der Waals surface area contributed by atoms with E-state index >= 15 is 0 Å². The van der Waals surface area contributed by atoms with Crippen molar-refractivity contribution in [3.63, 3.8) is 0 Å². The van der Waals surface area contributed by atoms with Crippen LogP contribution in [0.15, 0.2) is 16.7 Å². The largest absolute Gasteiger partial charge is 0.469 e. The van der Waals surface area contributed by atoms with E-state index in [0.29, 0.717) is 19.1 Å². The maximum Gasteiger partial charge on any atom is 0.281 e. The van der Waals surface area contributed by atoms with Gasteiger partial charge in [-0.2, -0.15) is 17.0 Å². The molecule has 0 aromatic carbocycles. The second-order valence-electron chi connectivity index (χ2n) is 5.67. The summed E-state index contributed by atoms with van der Waals surface area (Å²) in [4.78, 5) is 0. The number of nitrogens with zero attached hydrogens (tertiary/aromatic N) is 2. The number of nitrogens with one attached hydrogen (secondary N) is 1. The SMILES string of the molecule is Cc1occc1CN(C)S(=O)(=O)N(C)CCCNC1CC1. The molecule has 1 aromatic heterocycles. The molecule has 0 saturated heterocycles. The first-order valence-corrected chi connectivity index (χ1v) is 8.75. The van der Waals surface area contributed by atoms with Crippen LogP contribution in [0.2, 0.25) is 0 Å².